The van der Waals surface area contributed by atoms with E-state index < -0.39 is 0 Å². The molecule has 2 rings (SSSR count). The molecule has 0 spiro atoms. The van der Waals surface area contributed by atoms with Crippen LogP contribution in [0.4, 0.5) is 5.69 Å². The number of hydrogen-bond acceptors (Lipinski definition) is 3. The molecule has 0 radical (unpaired) electrons. The first-order valence-corrected chi connectivity index (χ1v) is 6.35. The highest BCUT2D eigenvalue weighted by molar-refractivity contribution is 9.10. The maximum absolute atomic E-state index is 5.84. The molecule has 1 heterocycles. The Labute approximate surface area is 104 Å². The summed E-state index contributed by atoms with van der Waals surface area (Å²) in [6.45, 7) is 1.42. The summed E-state index contributed by atoms with van der Waals surface area (Å²) in [5, 5.41) is 0. The van der Waals surface area contributed by atoms with Crippen molar-refractivity contribution >= 4 is 21.6 Å². The number of ether oxygens (including phenoxy) is 2. The van der Waals surface area contributed by atoms with Crippen molar-refractivity contribution in [3.8, 4) is 5.75 Å². The van der Waals surface area contributed by atoms with Crippen molar-refractivity contribution in [3.05, 3.63) is 22.7 Å². The van der Waals surface area contributed by atoms with Crippen LogP contribution < -0.4 is 10.5 Å². The molecular formula is C12H16BrNO2. The molecule has 1 aliphatic rings. The van der Waals surface area contributed by atoms with Gasteiger partial charge in [-0.05, 0) is 47.3 Å². The number of benzene rings is 1. The van der Waals surface area contributed by atoms with E-state index >= 15 is 0 Å². The monoisotopic (exact) mass is 285 g/mol. The minimum absolute atomic E-state index is 0.209. The van der Waals surface area contributed by atoms with E-state index in [1.54, 1.807) is 0 Å². The van der Waals surface area contributed by atoms with Crippen LogP contribution in [0.1, 0.15) is 19.3 Å². The van der Waals surface area contributed by atoms with Gasteiger partial charge >= 0.3 is 0 Å². The third-order valence-electron chi connectivity index (χ3n) is 2.68. The molecule has 1 aromatic rings. The van der Waals surface area contributed by atoms with E-state index in [1.807, 2.05) is 18.2 Å². The van der Waals surface area contributed by atoms with Crippen molar-refractivity contribution in [1.82, 2.24) is 0 Å². The molecule has 1 aromatic carbocycles. The van der Waals surface area contributed by atoms with Crippen LogP contribution in [0.15, 0.2) is 22.7 Å². The molecule has 3 nitrogen and oxygen atoms in total. The Hall–Kier alpha value is -0.740. The Bertz CT molecular complexity index is 331. The summed E-state index contributed by atoms with van der Waals surface area (Å²) in [7, 11) is 0. The number of anilines is 1. The first-order chi connectivity index (χ1) is 7.77. The maximum atomic E-state index is 5.84. The molecule has 1 unspecified atom stereocenters. The summed E-state index contributed by atoms with van der Waals surface area (Å²) in [5.41, 5.74) is 6.50. The number of hydrogen-bond donors (Lipinski definition) is 1. The highest BCUT2D eigenvalue weighted by Gasteiger charge is 2.15. The normalized spacial score (nSPS) is 20.7. The van der Waals surface area contributed by atoms with Crippen LogP contribution in [0.25, 0.3) is 0 Å². The fraction of sp³-hybridized carbons (Fsp3) is 0.500. The van der Waals surface area contributed by atoms with E-state index in [0.29, 0.717) is 12.3 Å². The molecule has 2 N–H and O–H groups in total. The molecule has 1 saturated heterocycles. The zero-order valence-corrected chi connectivity index (χ0v) is 10.7. The molecule has 4 heteroatoms. The van der Waals surface area contributed by atoms with Gasteiger partial charge < -0.3 is 15.2 Å². The Kier molecular flexibility index (Phi) is 4.07. The van der Waals surface area contributed by atoms with E-state index in [0.717, 1.165) is 29.7 Å². The Balaban J connectivity index is 1.93. The fourth-order valence-corrected chi connectivity index (χ4v) is 2.29. The van der Waals surface area contributed by atoms with Gasteiger partial charge in [-0.15, -0.1) is 0 Å². The maximum Gasteiger partial charge on any atom is 0.156 e. The fourth-order valence-electron chi connectivity index (χ4n) is 1.79. The summed E-state index contributed by atoms with van der Waals surface area (Å²) in [5.74, 6) is 0.719. The Morgan fingerprint density at radius 3 is 3.00 bits per heavy atom. The molecule has 0 bridgehead atoms. The minimum atomic E-state index is 0.209. The highest BCUT2D eigenvalue weighted by atomic mass is 79.9. The lowest BCUT2D eigenvalue weighted by Gasteiger charge is -2.23. The predicted octanol–water partition coefficient (Wildman–Crippen LogP) is 2.98. The van der Waals surface area contributed by atoms with E-state index in [9.17, 15) is 0 Å². The van der Waals surface area contributed by atoms with Crippen LogP contribution >= 0.6 is 15.9 Å². The van der Waals surface area contributed by atoms with Gasteiger partial charge in [-0.3, -0.25) is 0 Å². The Morgan fingerprint density at radius 1 is 1.44 bits per heavy atom. The molecule has 1 atom stereocenters. The number of nitrogens with two attached hydrogens (primary N) is 1. The summed E-state index contributed by atoms with van der Waals surface area (Å²) < 4.78 is 12.2. The second kappa shape index (κ2) is 5.55. The number of nitrogen functional groups attached to an aromatic ring is 1. The lowest BCUT2D eigenvalue weighted by atomic mass is 10.1. The summed E-state index contributed by atoms with van der Waals surface area (Å²) in [6, 6.07) is 5.65. The van der Waals surface area contributed by atoms with Crippen molar-refractivity contribution in [1.29, 1.82) is 0 Å². The van der Waals surface area contributed by atoms with E-state index in [1.165, 1.54) is 6.42 Å². The van der Waals surface area contributed by atoms with Gasteiger partial charge in [0, 0.05) is 6.61 Å². The van der Waals surface area contributed by atoms with Crippen LogP contribution in [0, 0.1) is 0 Å². The molecule has 16 heavy (non-hydrogen) atoms. The lowest BCUT2D eigenvalue weighted by Crippen LogP contribution is -2.26. The SMILES string of the molecule is Nc1cccc(Br)c1OCC1CCCCO1. The van der Waals surface area contributed by atoms with Gasteiger partial charge in [0.15, 0.2) is 5.75 Å². The van der Waals surface area contributed by atoms with Crippen LogP contribution in [-0.4, -0.2) is 19.3 Å². The van der Waals surface area contributed by atoms with Gasteiger partial charge in [-0.1, -0.05) is 6.07 Å². The van der Waals surface area contributed by atoms with Crippen LogP contribution in [-0.2, 0) is 4.74 Å². The summed E-state index contributed by atoms with van der Waals surface area (Å²) in [4.78, 5) is 0. The number of rotatable bonds is 3. The van der Waals surface area contributed by atoms with Crippen LogP contribution in [0.5, 0.6) is 5.75 Å². The van der Waals surface area contributed by atoms with Crippen molar-refractivity contribution < 1.29 is 9.47 Å². The van der Waals surface area contributed by atoms with Gasteiger partial charge in [-0.2, -0.15) is 0 Å². The highest BCUT2D eigenvalue weighted by Crippen LogP contribution is 2.31. The van der Waals surface area contributed by atoms with Crippen LogP contribution in [0.2, 0.25) is 0 Å². The zero-order valence-electron chi connectivity index (χ0n) is 9.12. The average Bonchev–Trinajstić information content (AvgIpc) is 2.30. The van der Waals surface area contributed by atoms with Gasteiger partial charge in [0.05, 0.1) is 16.3 Å². The first kappa shape index (κ1) is 11.7. The Morgan fingerprint density at radius 2 is 2.31 bits per heavy atom. The molecule has 0 aromatic heterocycles. The number of para-hydroxylation sites is 1. The quantitative estimate of drug-likeness (QED) is 0.869. The zero-order chi connectivity index (χ0) is 11.4. The van der Waals surface area contributed by atoms with Gasteiger partial charge in [-0.25, -0.2) is 0 Å². The lowest BCUT2D eigenvalue weighted by molar-refractivity contribution is -0.0110. The third-order valence-corrected chi connectivity index (χ3v) is 3.31. The third kappa shape index (κ3) is 2.89. The second-order valence-electron chi connectivity index (χ2n) is 3.96. The molecular weight excluding hydrogens is 270 g/mol. The smallest absolute Gasteiger partial charge is 0.156 e. The van der Waals surface area contributed by atoms with E-state index in [2.05, 4.69) is 15.9 Å². The van der Waals surface area contributed by atoms with Gasteiger partial charge in [0.25, 0.3) is 0 Å². The first-order valence-electron chi connectivity index (χ1n) is 5.56. The largest absolute Gasteiger partial charge is 0.488 e. The average molecular weight is 286 g/mol. The topological polar surface area (TPSA) is 44.5 Å². The van der Waals surface area contributed by atoms with E-state index in [-0.39, 0.29) is 6.10 Å². The van der Waals surface area contributed by atoms with Crippen LogP contribution in [0.3, 0.4) is 0 Å². The van der Waals surface area contributed by atoms with Gasteiger partial charge in [0.1, 0.15) is 6.61 Å². The van der Waals surface area contributed by atoms with Gasteiger partial charge in [0.2, 0.25) is 0 Å². The minimum Gasteiger partial charge on any atom is -0.488 e. The molecule has 0 saturated carbocycles. The van der Waals surface area contributed by atoms with Crippen molar-refractivity contribution in [3.63, 3.8) is 0 Å². The standard InChI is InChI=1S/C12H16BrNO2/c13-10-5-3-6-11(14)12(10)16-8-9-4-1-2-7-15-9/h3,5-6,9H,1-2,4,7-8,14H2. The number of halogens is 1. The van der Waals surface area contributed by atoms with Crippen molar-refractivity contribution in [2.45, 2.75) is 25.4 Å². The predicted molar refractivity (Wildman–Crippen MR) is 67.6 cm³/mol. The molecule has 88 valence electrons. The summed E-state index contributed by atoms with van der Waals surface area (Å²) in [6.07, 6.45) is 3.66. The molecule has 0 aliphatic carbocycles. The summed E-state index contributed by atoms with van der Waals surface area (Å²) >= 11 is 3.43. The molecule has 1 fully saturated rings. The van der Waals surface area contributed by atoms with Crippen molar-refractivity contribution in [2.24, 2.45) is 0 Å². The molecule has 0 amide bonds. The second-order valence-corrected chi connectivity index (χ2v) is 4.81. The molecule has 1 aliphatic heterocycles. The van der Waals surface area contributed by atoms with E-state index in [4.69, 9.17) is 15.2 Å². The van der Waals surface area contributed by atoms with Crippen molar-refractivity contribution in [2.75, 3.05) is 18.9 Å².